The maximum Gasteiger partial charge on any atom is 0.168 e. The number of benzene rings is 1. The van der Waals surface area contributed by atoms with Crippen LogP contribution in [0.25, 0.3) is 11.1 Å². The van der Waals surface area contributed by atoms with Crippen molar-refractivity contribution in [2.75, 3.05) is 0 Å². The summed E-state index contributed by atoms with van der Waals surface area (Å²) in [6, 6.07) is 11.1. The minimum atomic E-state index is 0.424. The van der Waals surface area contributed by atoms with Gasteiger partial charge in [0.1, 0.15) is 5.69 Å². The number of carbonyl (C=O) groups is 1. The molecule has 0 saturated carbocycles. The van der Waals surface area contributed by atoms with Crippen molar-refractivity contribution in [3.63, 3.8) is 0 Å². The molecule has 0 atom stereocenters. The standard InChI is InChI=1S/C12H8ClNO/c13-11-3-1-2-9(6-11)10-4-5-14-12(7-10)8-15/h1-8H. The van der Waals surface area contributed by atoms with Gasteiger partial charge >= 0.3 is 0 Å². The Bertz CT molecular complexity index is 496. The van der Waals surface area contributed by atoms with E-state index in [0.717, 1.165) is 17.4 Å². The van der Waals surface area contributed by atoms with Gasteiger partial charge in [-0.2, -0.15) is 0 Å². The van der Waals surface area contributed by atoms with E-state index in [1.807, 2.05) is 30.3 Å². The number of rotatable bonds is 2. The van der Waals surface area contributed by atoms with Crippen LogP contribution >= 0.6 is 11.6 Å². The number of carbonyl (C=O) groups excluding carboxylic acids is 1. The van der Waals surface area contributed by atoms with Crippen LogP contribution in [0.3, 0.4) is 0 Å². The average Bonchev–Trinajstić information content (AvgIpc) is 2.29. The molecular formula is C12H8ClNO. The number of aromatic nitrogens is 1. The third-order valence-corrected chi connectivity index (χ3v) is 2.29. The van der Waals surface area contributed by atoms with Gasteiger partial charge in [-0.25, -0.2) is 0 Å². The molecule has 1 aromatic heterocycles. The Morgan fingerprint density at radius 2 is 1.93 bits per heavy atom. The fraction of sp³-hybridized carbons (Fsp3) is 0. The van der Waals surface area contributed by atoms with Gasteiger partial charge in [-0.1, -0.05) is 23.7 Å². The van der Waals surface area contributed by atoms with E-state index >= 15 is 0 Å². The van der Waals surface area contributed by atoms with E-state index in [-0.39, 0.29) is 0 Å². The third kappa shape index (κ3) is 2.22. The highest BCUT2D eigenvalue weighted by Crippen LogP contribution is 2.22. The van der Waals surface area contributed by atoms with E-state index in [1.54, 1.807) is 12.3 Å². The van der Waals surface area contributed by atoms with E-state index in [4.69, 9.17) is 11.6 Å². The topological polar surface area (TPSA) is 30.0 Å². The summed E-state index contributed by atoms with van der Waals surface area (Å²) in [5, 5.41) is 0.678. The summed E-state index contributed by atoms with van der Waals surface area (Å²) in [6.07, 6.45) is 2.34. The van der Waals surface area contributed by atoms with Crippen molar-refractivity contribution in [1.82, 2.24) is 4.98 Å². The van der Waals surface area contributed by atoms with Crippen molar-refractivity contribution in [1.29, 1.82) is 0 Å². The van der Waals surface area contributed by atoms with Gasteiger partial charge in [0, 0.05) is 11.2 Å². The van der Waals surface area contributed by atoms with Gasteiger partial charge in [0.15, 0.2) is 6.29 Å². The van der Waals surface area contributed by atoms with E-state index in [1.165, 1.54) is 0 Å². The lowest BCUT2D eigenvalue weighted by atomic mass is 10.1. The quantitative estimate of drug-likeness (QED) is 0.723. The Kier molecular flexibility index (Phi) is 2.79. The molecule has 0 N–H and O–H groups in total. The molecule has 2 aromatic rings. The van der Waals surface area contributed by atoms with Gasteiger partial charge in [-0.05, 0) is 35.4 Å². The first-order chi connectivity index (χ1) is 7.29. The van der Waals surface area contributed by atoms with Crippen molar-refractivity contribution in [3.8, 4) is 11.1 Å². The van der Waals surface area contributed by atoms with Gasteiger partial charge in [0.2, 0.25) is 0 Å². The largest absolute Gasteiger partial charge is 0.296 e. The summed E-state index contributed by atoms with van der Waals surface area (Å²) in [7, 11) is 0. The van der Waals surface area contributed by atoms with Crippen molar-refractivity contribution in [3.05, 3.63) is 53.3 Å². The smallest absolute Gasteiger partial charge is 0.168 e. The van der Waals surface area contributed by atoms with Gasteiger partial charge in [0.25, 0.3) is 0 Å². The molecule has 0 fully saturated rings. The van der Waals surface area contributed by atoms with Gasteiger partial charge in [-0.3, -0.25) is 9.78 Å². The molecule has 0 radical (unpaired) electrons. The third-order valence-electron chi connectivity index (χ3n) is 2.06. The maximum absolute atomic E-state index is 10.6. The highest BCUT2D eigenvalue weighted by atomic mass is 35.5. The fourth-order valence-corrected chi connectivity index (χ4v) is 1.55. The Morgan fingerprint density at radius 1 is 1.13 bits per heavy atom. The zero-order chi connectivity index (χ0) is 10.7. The van der Waals surface area contributed by atoms with Crippen molar-refractivity contribution < 1.29 is 4.79 Å². The Morgan fingerprint density at radius 3 is 2.67 bits per heavy atom. The summed E-state index contributed by atoms with van der Waals surface area (Å²) >= 11 is 5.88. The average molecular weight is 218 g/mol. The summed E-state index contributed by atoms with van der Waals surface area (Å²) in [5.41, 5.74) is 2.34. The molecule has 1 aromatic carbocycles. The Balaban J connectivity index is 2.49. The zero-order valence-corrected chi connectivity index (χ0v) is 8.61. The minimum Gasteiger partial charge on any atom is -0.296 e. The highest BCUT2D eigenvalue weighted by molar-refractivity contribution is 6.30. The first-order valence-corrected chi connectivity index (χ1v) is 4.84. The number of aldehydes is 1. The predicted molar refractivity (Wildman–Crippen MR) is 60.1 cm³/mol. The molecule has 74 valence electrons. The normalized spacial score (nSPS) is 9.93. The van der Waals surface area contributed by atoms with E-state index < -0.39 is 0 Å². The monoisotopic (exact) mass is 217 g/mol. The molecule has 0 saturated heterocycles. The molecule has 0 aliphatic heterocycles. The minimum absolute atomic E-state index is 0.424. The summed E-state index contributed by atoms with van der Waals surface area (Å²) < 4.78 is 0. The number of nitrogens with zero attached hydrogens (tertiary/aromatic N) is 1. The lowest BCUT2D eigenvalue weighted by Crippen LogP contribution is -1.86. The van der Waals surface area contributed by atoms with Crippen LogP contribution in [0.1, 0.15) is 10.5 Å². The summed E-state index contributed by atoms with van der Waals surface area (Å²) in [6.45, 7) is 0. The number of hydrogen-bond acceptors (Lipinski definition) is 2. The number of halogens is 1. The van der Waals surface area contributed by atoms with Crippen molar-refractivity contribution >= 4 is 17.9 Å². The molecule has 1 heterocycles. The van der Waals surface area contributed by atoms with Crippen LogP contribution in [0.5, 0.6) is 0 Å². The molecule has 0 aliphatic carbocycles. The fourth-order valence-electron chi connectivity index (χ4n) is 1.36. The number of pyridine rings is 1. The van der Waals surface area contributed by atoms with Crippen LogP contribution < -0.4 is 0 Å². The van der Waals surface area contributed by atoms with Gasteiger partial charge in [-0.15, -0.1) is 0 Å². The Labute approximate surface area is 92.5 Å². The van der Waals surface area contributed by atoms with Crippen LogP contribution in [0, 0.1) is 0 Å². The lowest BCUT2D eigenvalue weighted by Gasteiger charge is -2.01. The van der Waals surface area contributed by atoms with Crippen LogP contribution in [-0.2, 0) is 0 Å². The summed E-state index contributed by atoms with van der Waals surface area (Å²) in [4.78, 5) is 14.5. The highest BCUT2D eigenvalue weighted by Gasteiger charge is 1.99. The SMILES string of the molecule is O=Cc1cc(-c2cccc(Cl)c2)ccn1. The first-order valence-electron chi connectivity index (χ1n) is 4.47. The van der Waals surface area contributed by atoms with Crippen LogP contribution in [0.4, 0.5) is 0 Å². The second-order valence-electron chi connectivity index (χ2n) is 3.10. The van der Waals surface area contributed by atoms with Gasteiger partial charge in [0.05, 0.1) is 0 Å². The zero-order valence-electron chi connectivity index (χ0n) is 7.85. The summed E-state index contributed by atoms with van der Waals surface area (Å²) in [5.74, 6) is 0. The molecule has 0 amide bonds. The molecule has 0 spiro atoms. The molecule has 0 unspecified atom stereocenters. The molecule has 0 bridgehead atoms. The van der Waals surface area contributed by atoms with Gasteiger partial charge < -0.3 is 0 Å². The molecule has 3 heteroatoms. The van der Waals surface area contributed by atoms with Crippen LogP contribution in [0.15, 0.2) is 42.6 Å². The second-order valence-corrected chi connectivity index (χ2v) is 3.53. The van der Waals surface area contributed by atoms with Crippen molar-refractivity contribution in [2.45, 2.75) is 0 Å². The molecule has 2 nitrogen and oxygen atoms in total. The van der Waals surface area contributed by atoms with Crippen LogP contribution in [0.2, 0.25) is 5.02 Å². The molecule has 2 rings (SSSR count). The molecule has 15 heavy (non-hydrogen) atoms. The molecular weight excluding hydrogens is 210 g/mol. The first kappa shape index (κ1) is 9.87. The van der Waals surface area contributed by atoms with Crippen molar-refractivity contribution in [2.24, 2.45) is 0 Å². The van der Waals surface area contributed by atoms with E-state index in [0.29, 0.717) is 10.7 Å². The maximum atomic E-state index is 10.6. The van der Waals surface area contributed by atoms with Crippen LogP contribution in [-0.4, -0.2) is 11.3 Å². The predicted octanol–water partition coefficient (Wildman–Crippen LogP) is 3.21. The number of hydrogen-bond donors (Lipinski definition) is 0. The van der Waals surface area contributed by atoms with E-state index in [2.05, 4.69) is 4.98 Å². The Hall–Kier alpha value is -1.67. The van der Waals surface area contributed by atoms with E-state index in [9.17, 15) is 4.79 Å². The second kappa shape index (κ2) is 4.24. The lowest BCUT2D eigenvalue weighted by molar-refractivity contribution is 0.111. The molecule has 0 aliphatic rings.